The van der Waals surface area contributed by atoms with Crippen LogP contribution in [0.1, 0.15) is 17.7 Å². The summed E-state index contributed by atoms with van der Waals surface area (Å²) in [5.74, 6) is 0.688. The van der Waals surface area contributed by atoms with Crippen LogP contribution in [0.2, 0.25) is 0 Å². The molecule has 1 saturated heterocycles. The van der Waals surface area contributed by atoms with Crippen molar-refractivity contribution in [3.63, 3.8) is 0 Å². The quantitative estimate of drug-likeness (QED) is 0.259. The number of likely N-dealkylation sites (tertiary alicyclic amines) is 1. The lowest BCUT2D eigenvalue weighted by Gasteiger charge is -2.31. The van der Waals surface area contributed by atoms with Crippen molar-refractivity contribution in [2.75, 3.05) is 56.7 Å². The number of para-hydroxylation sites is 1. The molecule has 2 aromatic carbocycles. The molecule has 0 radical (unpaired) electrons. The molecule has 0 unspecified atom stereocenters. The number of rotatable bonds is 9. The van der Waals surface area contributed by atoms with E-state index in [4.69, 9.17) is 10.7 Å². The molecule has 1 fully saturated rings. The molecule has 0 spiro atoms. The average Bonchev–Trinajstić information content (AvgIpc) is 3.18. The van der Waals surface area contributed by atoms with Crippen molar-refractivity contribution in [1.82, 2.24) is 24.3 Å². The Balaban J connectivity index is 1.47. The second-order valence-electron chi connectivity index (χ2n) is 10.3. The van der Waals surface area contributed by atoms with Gasteiger partial charge in [0.25, 0.3) is 0 Å². The Morgan fingerprint density at radius 2 is 1.89 bits per heavy atom. The third-order valence-corrected chi connectivity index (χ3v) is 7.34. The Kier molecular flexibility index (Phi) is 6.94. The van der Waals surface area contributed by atoms with Crippen molar-refractivity contribution >= 4 is 39.8 Å². The van der Waals surface area contributed by atoms with Gasteiger partial charge in [-0.1, -0.05) is 18.2 Å². The van der Waals surface area contributed by atoms with Crippen LogP contribution >= 0.6 is 0 Å². The fraction of sp³-hybridized carbons (Fsp3) is 0.345. The zero-order valence-electron chi connectivity index (χ0n) is 22.8. The number of hydrogen-bond donors (Lipinski definition) is 2. The predicted molar refractivity (Wildman–Crippen MR) is 155 cm³/mol. The molecule has 1 aliphatic heterocycles. The van der Waals surface area contributed by atoms with E-state index < -0.39 is 0 Å². The van der Waals surface area contributed by atoms with Crippen molar-refractivity contribution in [3.05, 3.63) is 59.9 Å². The van der Waals surface area contributed by atoms with E-state index in [1.165, 1.54) is 0 Å². The number of β-lactam (4-membered cyclic amide) rings is 1. The van der Waals surface area contributed by atoms with Crippen LogP contribution in [-0.2, 0) is 18.4 Å². The van der Waals surface area contributed by atoms with Gasteiger partial charge < -0.3 is 30.3 Å². The van der Waals surface area contributed by atoms with E-state index in [1.807, 2.05) is 29.2 Å². The van der Waals surface area contributed by atoms with Crippen molar-refractivity contribution in [3.8, 4) is 11.3 Å². The number of nitrogens with two attached hydrogens (primary N) is 1. The van der Waals surface area contributed by atoms with Crippen LogP contribution in [0.3, 0.4) is 0 Å². The summed E-state index contributed by atoms with van der Waals surface area (Å²) in [5.41, 5.74) is 14.1. The molecule has 198 valence electrons. The lowest BCUT2D eigenvalue weighted by Crippen LogP contribution is -2.42. The second kappa shape index (κ2) is 10.3. The maximum absolute atomic E-state index is 12.1. The highest BCUT2D eigenvalue weighted by Crippen LogP contribution is 2.36. The molecular weight excluding hydrogens is 476 g/mol. The van der Waals surface area contributed by atoms with Crippen molar-refractivity contribution < 1.29 is 4.79 Å². The highest BCUT2D eigenvalue weighted by Gasteiger charge is 2.27. The van der Waals surface area contributed by atoms with Crippen LogP contribution in [0, 0.1) is 6.92 Å². The summed E-state index contributed by atoms with van der Waals surface area (Å²) in [5, 5.41) is 4.49. The molecule has 5 rings (SSSR count). The minimum absolute atomic E-state index is 0.190. The number of amides is 1. The summed E-state index contributed by atoms with van der Waals surface area (Å²) in [6.07, 6.45) is 2.39. The van der Waals surface area contributed by atoms with Gasteiger partial charge >= 0.3 is 0 Å². The summed E-state index contributed by atoms with van der Waals surface area (Å²) >= 11 is 0. The highest BCUT2D eigenvalue weighted by molar-refractivity contribution is 5.97. The second-order valence-corrected chi connectivity index (χ2v) is 10.3. The van der Waals surface area contributed by atoms with Gasteiger partial charge in [0, 0.05) is 74.2 Å². The van der Waals surface area contributed by atoms with Crippen LogP contribution in [0.5, 0.6) is 0 Å². The van der Waals surface area contributed by atoms with Gasteiger partial charge in [-0.25, -0.2) is 9.97 Å². The fourth-order valence-electron chi connectivity index (χ4n) is 4.95. The number of anilines is 4. The summed E-state index contributed by atoms with van der Waals surface area (Å²) in [6, 6.07) is 14.3. The molecule has 4 aromatic rings. The Hall–Kier alpha value is -4.11. The van der Waals surface area contributed by atoms with E-state index in [9.17, 15) is 4.79 Å². The SMILES string of the molecule is Cc1cc(N(C)CCN(C)C)c(N)cc1Nc1nccc(-c2c(CN3CCC3=O)n(C)c3ccccc23)n1. The van der Waals surface area contributed by atoms with E-state index in [2.05, 4.69) is 78.0 Å². The van der Waals surface area contributed by atoms with Crippen molar-refractivity contribution in [2.45, 2.75) is 19.9 Å². The molecule has 0 aliphatic carbocycles. The largest absolute Gasteiger partial charge is 0.397 e. The lowest BCUT2D eigenvalue weighted by atomic mass is 10.1. The van der Waals surface area contributed by atoms with Crippen molar-refractivity contribution in [2.24, 2.45) is 7.05 Å². The minimum atomic E-state index is 0.190. The highest BCUT2D eigenvalue weighted by atomic mass is 16.2. The number of nitrogens with zero attached hydrogens (tertiary/aromatic N) is 6. The minimum Gasteiger partial charge on any atom is -0.397 e. The number of carbonyl (C=O) groups excluding carboxylic acids is 1. The average molecular weight is 513 g/mol. The molecule has 0 saturated carbocycles. The maximum atomic E-state index is 12.1. The third kappa shape index (κ3) is 4.89. The van der Waals surface area contributed by atoms with Gasteiger partial charge in [0.05, 0.1) is 23.6 Å². The molecule has 1 amide bonds. The standard InChI is InChI=1S/C29H36N8O/c1-19-16-25(35(4)15-14-34(2)3)21(30)17-23(19)33-29-31-12-10-22(32-29)28-20-8-6-7-9-24(20)36(5)26(28)18-37-13-11-27(37)38/h6-10,12,16-17H,11,13-15,18,30H2,1-5H3,(H,31,32,33). The Morgan fingerprint density at radius 1 is 1.11 bits per heavy atom. The van der Waals surface area contributed by atoms with Crippen LogP contribution in [-0.4, -0.2) is 71.0 Å². The van der Waals surface area contributed by atoms with Crippen LogP contribution in [0.4, 0.5) is 23.0 Å². The number of carbonyl (C=O) groups is 1. The first-order chi connectivity index (χ1) is 18.2. The van der Waals surface area contributed by atoms with Gasteiger partial charge in [-0.2, -0.15) is 0 Å². The van der Waals surface area contributed by atoms with E-state index in [1.54, 1.807) is 6.20 Å². The number of aryl methyl sites for hydroxylation is 2. The summed E-state index contributed by atoms with van der Waals surface area (Å²) in [7, 11) is 8.24. The molecule has 0 bridgehead atoms. The molecule has 1 aliphatic rings. The summed E-state index contributed by atoms with van der Waals surface area (Å²) < 4.78 is 2.17. The zero-order valence-corrected chi connectivity index (χ0v) is 22.8. The molecular formula is C29H36N8O. The number of hydrogen-bond acceptors (Lipinski definition) is 7. The van der Waals surface area contributed by atoms with Crippen LogP contribution in [0.25, 0.3) is 22.2 Å². The topological polar surface area (TPSA) is 95.5 Å². The molecule has 9 heteroatoms. The van der Waals surface area contributed by atoms with Gasteiger partial charge in [0.2, 0.25) is 11.9 Å². The molecule has 0 atom stereocenters. The van der Waals surface area contributed by atoms with Gasteiger partial charge in [0.1, 0.15) is 0 Å². The van der Waals surface area contributed by atoms with Gasteiger partial charge in [-0.15, -0.1) is 0 Å². The number of nitrogen functional groups attached to an aromatic ring is 1. The Labute approximate surface area is 223 Å². The molecule has 3 heterocycles. The number of aromatic nitrogens is 3. The number of fused-ring (bicyclic) bond motifs is 1. The normalized spacial score (nSPS) is 13.3. The number of benzene rings is 2. The lowest BCUT2D eigenvalue weighted by molar-refractivity contribution is -0.140. The molecule has 3 N–H and O–H groups in total. The fourth-order valence-corrected chi connectivity index (χ4v) is 4.95. The maximum Gasteiger partial charge on any atom is 0.227 e. The zero-order chi connectivity index (χ0) is 27.0. The Morgan fingerprint density at radius 3 is 2.61 bits per heavy atom. The molecule has 38 heavy (non-hydrogen) atoms. The summed E-state index contributed by atoms with van der Waals surface area (Å²) in [6.45, 7) is 5.23. The number of likely N-dealkylation sites (N-methyl/N-ethyl adjacent to an activating group) is 2. The summed E-state index contributed by atoms with van der Waals surface area (Å²) in [4.78, 5) is 27.8. The number of nitrogens with one attached hydrogen (secondary N) is 1. The van der Waals surface area contributed by atoms with Crippen LogP contribution < -0.4 is 16.0 Å². The molecule has 9 nitrogen and oxygen atoms in total. The third-order valence-electron chi connectivity index (χ3n) is 7.34. The van der Waals surface area contributed by atoms with Gasteiger partial charge in [0.15, 0.2) is 0 Å². The van der Waals surface area contributed by atoms with Gasteiger partial charge in [-0.05, 0) is 50.8 Å². The first kappa shape index (κ1) is 25.5. The first-order valence-corrected chi connectivity index (χ1v) is 12.9. The smallest absolute Gasteiger partial charge is 0.227 e. The molecule has 2 aromatic heterocycles. The van der Waals surface area contributed by atoms with E-state index in [0.717, 1.165) is 64.4 Å². The predicted octanol–water partition coefficient (Wildman–Crippen LogP) is 4.00. The first-order valence-electron chi connectivity index (χ1n) is 12.9. The monoisotopic (exact) mass is 512 g/mol. The van der Waals surface area contributed by atoms with E-state index >= 15 is 0 Å². The van der Waals surface area contributed by atoms with E-state index in [-0.39, 0.29) is 5.91 Å². The van der Waals surface area contributed by atoms with E-state index in [0.29, 0.717) is 24.6 Å². The Bertz CT molecular complexity index is 1490. The van der Waals surface area contributed by atoms with Gasteiger partial charge in [-0.3, -0.25) is 4.79 Å². The van der Waals surface area contributed by atoms with Crippen molar-refractivity contribution in [1.29, 1.82) is 0 Å². The van der Waals surface area contributed by atoms with Crippen LogP contribution in [0.15, 0.2) is 48.7 Å².